The van der Waals surface area contributed by atoms with Gasteiger partial charge in [0.15, 0.2) is 11.5 Å². The standard InChI is InChI=1S/C19H26N2O3/c1-14-5-3-4-10-21(14)15(2)12-20-19(22)9-7-16-6-8-17-18(11-16)24-13-23-17/h6-9,11,14-15H,3-5,10,12-13H2,1-2H3,(H,20,22)/b9-7+. The number of hydrogen-bond donors (Lipinski definition) is 1. The zero-order valence-corrected chi connectivity index (χ0v) is 14.5. The molecule has 1 N–H and O–H groups in total. The Hall–Kier alpha value is -2.01. The minimum absolute atomic E-state index is 0.0656. The van der Waals surface area contributed by atoms with Gasteiger partial charge in [-0.2, -0.15) is 0 Å². The van der Waals surface area contributed by atoms with Crippen LogP contribution in [0.3, 0.4) is 0 Å². The largest absolute Gasteiger partial charge is 0.454 e. The average molecular weight is 330 g/mol. The highest BCUT2D eigenvalue weighted by molar-refractivity contribution is 5.91. The SMILES string of the molecule is CC1CCCCN1C(C)CNC(=O)/C=C/c1ccc2c(c1)OCO2. The Labute approximate surface area is 143 Å². The van der Waals surface area contributed by atoms with E-state index in [0.29, 0.717) is 18.6 Å². The fraction of sp³-hybridized carbons (Fsp3) is 0.526. The Morgan fingerprint density at radius 3 is 3.04 bits per heavy atom. The van der Waals surface area contributed by atoms with Crippen molar-refractivity contribution >= 4 is 12.0 Å². The molecular formula is C19H26N2O3. The summed E-state index contributed by atoms with van der Waals surface area (Å²) >= 11 is 0. The second-order valence-electron chi connectivity index (χ2n) is 6.62. The molecule has 0 saturated carbocycles. The lowest BCUT2D eigenvalue weighted by Gasteiger charge is -2.38. The van der Waals surface area contributed by atoms with E-state index in [1.165, 1.54) is 19.3 Å². The van der Waals surface area contributed by atoms with Gasteiger partial charge in [-0.05, 0) is 57.0 Å². The van der Waals surface area contributed by atoms with Gasteiger partial charge in [-0.15, -0.1) is 0 Å². The second kappa shape index (κ2) is 7.71. The van der Waals surface area contributed by atoms with Gasteiger partial charge in [-0.3, -0.25) is 9.69 Å². The average Bonchev–Trinajstić information content (AvgIpc) is 3.06. The van der Waals surface area contributed by atoms with Crippen molar-refractivity contribution in [1.29, 1.82) is 0 Å². The van der Waals surface area contributed by atoms with E-state index in [1.54, 1.807) is 12.2 Å². The number of carbonyl (C=O) groups is 1. The first kappa shape index (κ1) is 16.8. The molecule has 5 heteroatoms. The third kappa shape index (κ3) is 4.09. The van der Waals surface area contributed by atoms with Crippen molar-refractivity contribution in [2.45, 2.75) is 45.2 Å². The van der Waals surface area contributed by atoms with Gasteiger partial charge in [0.05, 0.1) is 0 Å². The lowest BCUT2D eigenvalue weighted by molar-refractivity contribution is -0.116. The van der Waals surface area contributed by atoms with Crippen LogP contribution >= 0.6 is 0 Å². The molecule has 1 fully saturated rings. The zero-order valence-electron chi connectivity index (χ0n) is 14.5. The van der Waals surface area contributed by atoms with Crippen molar-refractivity contribution in [3.8, 4) is 11.5 Å². The monoisotopic (exact) mass is 330 g/mol. The summed E-state index contributed by atoms with van der Waals surface area (Å²) in [6.45, 7) is 6.52. The number of likely N-dealkylation sites (tertiary alicyclic amines) is 1. The zero-order chi connectivity index (χ0) is 16.9. The highest BCUT2D eigenvalue weighted by Crippen LogP contribution is 2.32. The predicted molar refractivity (Wildman–Crippen MR) is 94.1 cm³/mol. The molecule has 0 spiro atoms. The molecule has 2 aliphatic rings. The number of rotatable bonds is 5. The molecule has 0 aliphatic carbocycles. The number of hydrogen-bond acceptors (Lipinski definition) is 4. The van der Waals surface area contributed by atoms with Gasteiger partial charge >= 0.3 is 0 Å². The second-order valence-corrected chi connectivity index (χ2v) is 6.62. The fourth-order valence-corrected chi connectivity index (χ4v) is 3.39. The van der Waals surface area contributed by atoms with E-state index in [1.807, 2.05) is 18.2 Å². The molecule has 3 rings (SSSR count). The van der Waals surface area contributed by atoms with Gasteiger partial charge in [0, 0.05) is 24.7 Å². The molecule has 130 valence electrons. The molecule has 0 radical (unpaired) electrons. The molecule has 2 heterocycles. The number of nitrogens with zero attached hydrogens (tertiary/aromatic N) is 1. The molecule has 24 heavy (non-hydrogen) atoms. The number of ether oxygens (including phenoxy) is 2. The van der Waals surface area contributed by atoms with Gasteiger partial charge in [-0.25, -0.2) is 0 Å². The van der Waals surface area contributed by atoms with Crippen LogP contribution in [-0.2, 0) is 4.79 Å². The number of amides is 1. The molecule has 2 aliphatic heterocycles. The quantitative estimate of drug-likeness (QED) is 0.844. The summed E-state index contributed by atoms with van der Waals surface area (Å²) < 4.78 is 10.6. The first-order valence-electron chi connectivity index (χ1n) is 8.75. The van der Waals surface area contributed by atoms with Crippen molar-refractivity contribution in [3.63, 3.8) is 0 Å². The summed E-state index contributed by atoms with van der Waals surface area (Å²) in [5.41, 5.74) is 0.923. The van der Waals surface area contributed by atoms with Crippen molar-refractivity contribution in [3.05, 3.63) is 29.8 Å². The molecule has 5 nitrogen and oxygen atoms in total. The Morgan fingerprint density at radius 1 is 1.38 bits per heavy atom. The first-order valence-corrected chi connectivity index (χ1v) is 8.75. The van der Waals surface area contributed by atoms with E-state index in [0.717, 1.165) is 23.6 Å². The molecule has 2 atom stereocenters. The van der Waals surface area contributed by atoms with Gasteiger partial charge in [0.1, 0.15) is 0 Å². The highest BCUT2D eigenvalue weighted by atomic mass is 16.7. The summed E-state index contributed by atoms with van der Waals surface area (Å²) in [6.07, 6.45) is 7.19. The van der Waals surface area contributed by atoms with E-state index in [2.05, 4.69) is 24.1 Å². The molecular weight excluding hydrogens is 304 g/mol. The van der Waals surface area contributed by atoms with Crippen LogP contribution in [0.1, 0.15) is 38.7 Å². The third-order valence-electron chi connectivity index (χ3n) is 4.82. The van der Waals surface area contributed by atoms with E-state index in [4.69, 9.17) is 9.47 Å². The van der Waals surface area contributed by atoms with Gasteiger partial charge in [0.2, 0.25) is 12.7 Å². The van der Waals surface area contributed by atoms with E-state index in [-0.39, 0.29) is 12.7 Å². The van der Waals surface area contributed by atoms with Gasteiger partial charge < -0.3 is 14.8 Å². The molecule has 1 saturated heterocycles. The van der Waals surface area contributed by atoms with Crippen molar-refractivity contribution < 1.29 is 14.3 Å². The normalized spacial score (nSPS) is 21.8. The number of benzene rings is 1. The fourth-order valence-electron chi connectivity index (χ4n) is 3.39. The number of nitrogens with one attached hydrogen (secondary N) is 1. The number of carbonyl (C=O) groups excluding carboxylic acids is 1. The van der Waals surface area contributed by atoms with Gasteiger partial charge in [0.25, 0.3) is 0 Å². The predicted octanol–water partition coefficient (Wildman–Crippen LogP) is 2.81. The smallest absolute Gasteiger partial charge is 0.244 e. The van der Waals surface area contributed by atoms with Crippen LogP contribution in [0.15, 0.2) is 24.3 Å². The summed E-state index contributed by atoms with van der Waals surface area (Å²) in [4.78, 5) is 14.5. The maximum absolute atomic E-state index is 12.0. The van der Waals surface area contributed by atoms with Gasteiger partial charge in [-0.1, -0.05) is 12.5 Å². The Kier molecular flexibility index (Phi) is 5.41. The highest BCUT2D eigenvalue weighted by Gasteiger charge is 2.22. The van der Waals surface area contributed by atoms with E-state index < -0.39 is 0 Å². The third-order valence-corrected chi connectivity index (χ3v) is 4.82. The maximum Gasteiger partial charge on any atom is 0.244 e. The van der Waals surface area contributed by atoms with Crippen LogP contribution in [0.4, 0.5) is 0 Å². The van der Waals surface area contributed by atoms with Crippen LogP contribution in [0.2, 0.25) is 0 Å². The first-order chi connectivity index (χ1) is 11.6. The Balaban J connectivity index is 1.48. The topological polar surface area (TPSA) is 50.8 Å². The molecule has 1 aromatic rings. The maximum atomic E-state index is 12.0. The lowest BCUT2D eigenvalue weighted by Crippen LogP contribution is -2.48. The molecule has 1 amide bonds. The summed E-state index contributed by atoms with van der Waals surface area (Å²) in [5.74, 6) is 1.41. The Morgan fingerprint density at radius 2 is 2.21 bits per heavy atom. The molecule has 0 aromatic heterocycles. The Bertz CT molecular complexity index is 615. The van der Waals surface area contributed by atoms with Crippen LogP contribution in [0.25, 0.3) is 6.08 Å². The summed E-state index contributed by atoms with van der Waals surface area (Å²) in [6, 6.07) is 6.62. The van der Waals surface area contributed by atoms with Crippen LogP contribution < -0.4 is 14.8 Å². The van der Waals surface area contributed by atoms with Crippen molar-refractivity contribution in [2.24, 2.45) is 0 Å². The minimum atomic E-state index is -0.0656. The van der Waals surface area contributed by atoms with Crippen LogP contribution in [0, 0.1) is 0 Å². The minimum Gasteiger partial charge on any atom is -0.454 e. The summed E-state index contributed by atoms with van der Waals surface area (Å²) in [7, 11) is 0. The van der Waals surface area contributed by atoms with Crippen LogP contribution in [-0.4, -0.2) is 42.8 Å². The van der Waals surface area contributed by atoms with Crippen LogP contribution in [0.5, 0.6) is 11.5 Å². The number of piperidine rings is 1. The number of fused-ring (bicyclic) bond motifs is 1. The van der Waals surface area contributed by atoms with Crippen molar-refractivity contribution in [2.75, 3.05) is 19.9 Å². The van der Waals surface area contributed by atoms with E-state index >= 15 is 0 Å². The molecule has 2 unspecified atom stereocenters. The lowest BCUT2D eigenvalue weighted by atomic mass is 10.0. The summed E-state index contributed by atoms with van der Waals surface area (Å²) in [5, 5.41) is 3.00. The molecule has 0 bridgehead atoms. The van der Waals surface area contributed by atoms with Crippen molar-refractivity contribution in [1.82, 2.24) is 10.2 Å². The van der Waals surface area contributed by atoms with E-state index in [9.17, 15) is 4.79 Å². The molecule has 1 aromatic carbocycles.